The molecule has 0 aliphatic carbocycles. The number of carboxylic acid groups (broad SMARTS) is 1. The maximum Gasteiger partial charge on any atom is 0.407 e. The molecule has 14 heavy (non-hydrogen) atoms. The van der Waals surface area contributed by atoms with Gasteiger partial charge in [0.05, 0.1) is 12.9 Å². The molecule has 82 valence electrons. The van der Waals surface area contributed by atoms with Crippen molar-refractivity contribution < 1.29 is 22.5 Å². The molecule has 0 radical (unpaired) electrons. The summed E-state index contributed by atoms with van der Waals surface area (Å²) in [5, 5.41) is 8.62. The summed E-state index contributed by atoms with van der Waals surface area (Å²) < 4.78 is 25.9. The Hall–Kier alpha value is -0.820. The van der Waals surface area contributed by atoms with Crippen molar-refractivity contribution in [3.05, 3.63) is 0 Å². The summed E-state index contributed by atoms with van der Waals surface area (Å²) in [6.45, 7) is 2.13. The largest absolute Gasteiger partial charge is 0.465 e. The van der Waals surface area contributed by atoms with Crippen molar-refractivity contribution >= 4 is 16.2 Å². The number of amides is 1. The molecule has 0 aromatic rings. The van der Waals surface area contributed by atoms with Gasteiger partial charge in [-0.1, -0.05) is 0 Å². The summed E-state index contributed by atoms with van der Waals surface area (Å²) in [5.74, 6) is -0.0270. The first-order valence-electron chi connectivity index (χ1n) is 4.15. The van der Waals surface area contributed by atoms with Gasteiger partial charge in [-0.3, -0.25) is 4.18 Å². The Labute approximate surface area is 82.6 Å². The third kappa shape index (κ3) is 2.58. The molecule has 1 aliphatic heterocycles. The number of hydrogen-bond acceptors (Lipinski definition) is 4. The van der Waals surface area contributed by atoms with Crippen LogP contribution < -0.4 is 0 Å². The van der Waals surface area contributed by atoms with Crippen LogP contribution in [0.2, 0.25) is 0 Å². The molecule has 1 rings (SSSR count). The van der Waals surface area contributed by atoms with E-state index in [1.54, 1.807) is 6.92 Å². The molecule has 0 spiro atoms. The zero-order valence-electron chi connectivity index (χ0n) is 8.00. The first-order chi connectivity index (χ1) is 6.31. The van der Waals surface area contributed by atoms with Crippen LogP contribution in [0.5, 0.6) is 0 Å². The third-order valence-electron chi connectivity index (χ3n) is 2.35. The van der Waals surface area contributed by atoms with Crippen molar-refractivity contribution in [2.75, 3.05) is 19.4 Å². The summed E-state index contributed by atoms with van der Waals surface area (Å²) in [6.07, 6.45) is -0.00113. The lowest BCUT2D eigenvalue weighted by Crippen LogP contribution is -2.58. The van der Waals surface area contributed by atoms with Crippen LogP contribution in [0.1, 0.15) is 6.92 Å². The molecule has 0 bridgehead atoms. The van der Waals surface area contributed by atoms with Crippen molar-refractivity contribution in [2.24, 2.45) is 5.92 Å². The molecule has 6 nitrogen and oxygen atoms in total. The molecule has 1 N–H and O–H groups in total. The van der Waals surface area contributed by atoms with Crippen LogP contribution in [-0.4, -0.2) is 50.0 Å². The van der Waals surface area contributed by atoms with Gasteiger partial charge in [-0.2, -0.15) is 8.42 Å². The molecule has 0 aromatic heterocycles. The van der Waals surface area contributed by atoms with Gasteiger partial charge in [-0.25, -0.2) is 4.79 Å². The highest BCUT2D eigenvalue weighted by molar-refractivity contribution is 7.85. The summed E-state index contributed by atoms with van der Waals surface area (Å²) >= 11 is 0. The minimum absolute atomic E-state index is 0.0270. The second-order valence-electron chi connectivity index (χ2n) is 3.42. The summed E-state index contributed by atoms with van der Waals surface area (Å²) in [7, 11) is -3.42. The van der Waals surface area contributed by atoms with E-state index in [4.69, 9.17) is 5.11 Å². The van der Waals surface area contributed by atoms with Crippen LogP contribution in [0, 0.1) is 5.92 Å². The van der Waals surface area contributed by atoms with E-state index in [-0.39, 0.29) is 18.6 Å². The lowest BCUT2D eigenvalue weighted by atomic mass is 9.91. The third-order valence-corrected chi connectivity index (χ3v) is 2.91. The van der Waals surface area contributed by atoms with Crippen LogP contribution in [0.4, 0.5) is 4.79 Å². The van der Waals surface area contributed by atoms with Gasteiger partial charge in [0.15, 0.2) is 0 Å². The fourth-order valence-electron chi connectivity index (χ4n) is 1.34. The molecule has 0 saturated carbocycles. The lowest BCUT2D eigenvalue weighted by Gasteiger charge is -2.43. The van der Waals surface area contributed by atoms with E-state index < -0.39 is 16.2 Å². The van der Waals surface area contributed by atoms with E-state index in [1.807, 2.05) is 0 Å². The highest BCUT2D eigenvalue weighted by Crippen LogP contribution is 2.24. The first kappa shape index (κ1) is 11.3. The number of nitrogens with zero attached hydrogens (tertiary/aromatic N) is 1. The van der Waals surface area contributed by atoms with Gasteiger partial charge in [0.2, 0.25) is 0 Å². The van der Waals surface area contributed by atoms with Gasteiger partial charge in [-0.15, -0.1) is 0 Å². The average Bonchev–Trinajstić information content (AvgIpc) is 1.98. The molecule has 1 unspecified atom stereocenters. The van der Waals surface area contributed by atoms with Crippen LogP contribution in [-0.2, 0) is 14.3 Å². The predicted molar refractivity (Wildman–Crippen MR) is 48.5 cm³/mol. The quantitative estimate of drug-likeness (QED) is 0.679. The van der Waals surface area contributed by atoms with Crippen molar-refractivity contribution in [2.45, 2.75) is 13.0 Å². The summed E-state index contributed by atoms with van der Waals surface area (Å²) in [5.41, 5.74) is 0. The molecular weight excluding hydrogens is 210 g/mol. The summed E-state index contributed by atoms with van der Waals surface area (Å²) in [4.78, 5) is 11.8. The first-order valence-corrected chi connectivity index (χ1v) is 5.97. The van der Waals surface area contributed by atoms with E-state index in [1.165, 1.54) is 4.90 Å². The van der Waals surface area contributed by atoms with E-state index >= 15 is 0 Å². The minimum Gasteiger partial charge on any atom is -0.465 e. The number of hydrogen-bond donors (Lipinski definition) is 1. The Balaban J connectivity index is 2.35. The molecule has 1 aliphatic rings. The monoisotopic (exact) mass is 223 g/mol. The Morgan fingerprint density at radius 2 is 2.21 bits per heavy atom. The highest BCUT2D eigenvalue weighted by Gasteiger charge is 2.39. The van der Waals surface area contributed by atoms with Gasteiger partial charge < -0.3 is 10.0 Å². The topological polar surface area (TPSA) is 83.9 Å². The maximum atomic E-state index is 10.6. The fraction of sp³-hybridized carbons (Fsp3) is 0.857. The fourth-order valence-corrected chi connectivity index (χ4v) is 1.77. The second-order valence-corrected chi connectivity index (χ2v) is 5.07. The van der Waals surface area contributed by atoms with Crippen LogP contribution in [0.25, 0.3) is 0 Å². The average molecular weight is 223 g/mol. The van der Waals surface area contributed by atoms with E-state index in [9.17, 15) is 13.2 Å². The molecule has 0 aromatic carbocycles. The predicted octanol–water partition coefficient (Wildman–Crippen LogP) is -0.0391. The van der Waals surface area contributed by atoms with Crippen molar-refractivity contribution in [3.63, 3.8) is 0 Å². The number of rotatable bonds is 3. The van der Waals surface area contributed by atoms with Gasteiger partial charge in [0.25, 0.3) is 10.1 Å². The van der Waals surface area contributed by atoms with E-state index in [2.05, 4.69) is 4.18 Å². The molecule has 2 atom stereocenters. The van der Waals surface area contributed by atoms with Gasteiger partial charge in [0, 0.05) is 18.5 Å². The van der Waals surface area contributed by atoms with Gasteiger partial charge in [-0.05, 0) is 6.92 Å². The lowest BCUT2D eigenvalue weighted by molar-refractivity contribution is 0.0119. The molecule has 1 heterocycles. The van der Waals surface area contributed by atoms with Crippen molar-refractivity contribution in [1.29, 1.82) is 0 Å². The Morgan fingerprint density at radius 3 is 2.57 bits per heavy atom. The Kier molecular flexibility index (Phi) is 3.01. The molecule has 1 saturated heterocycles. The van der Waals surface area contributed by atoms with Gasteiger partial charge >= 0.3 is 6.09 Å². The highest BCUT2D eigenvalue weighted by atomic mass is 32.2. The molecule has 1 amide bonds. The smallest absolute Gasteiger partial charge is 0.407 e. The second kappa shape index (κ2) is 3.74. The normalized spacial score (nSPS) is 27.1. The minimum atomic E-state index is -3.42. The maximum absolute atomic E-state index is 10.6. The molecule has 1 fully saturated rings. The van der Waals surface area contributed by atoms with Gasteiger partial charge in [0.1, 0.15) is 0 Å². The number of carbonyl (C=O) groups is 1. The van der Waals surface area contributed by atoms with Crippen LogP contribution >= 0.6 is 0 Å². The van der Waals surface area contributed by atoms with Crippen molar-refractivity contribution in [1.82, 2.24) is 4.90 Å². The molecule has 7 heteroatoms. The number of likely N-dealkylation sites (tertiary alicyclic amines) is 1. The molecular formula is C7H13NO5S. The van der Waals surface area contributed by atoms with Crippen LogP contribution in [0.3, 0.4) is 0 Å². The van der Waals surface area contributed by atoms with Crippen molar-refractivity contribution in [3.8, 4) is 0 Å². The SMILES string of the molecule is C[C@H]1C(COS(C)(=O)=O)CN1C(=O)O. The zero-order valence-corrected chi connectivity index (χ0v) is 8.82. The van der Waals surface area contributed by atoms with E-state index in [0.29, 0.717) is 6.54 Å². The Morgan fingerprint density at radius 1 is 1.64 bits per heavy atom. The Bertz CT molecular complexity index is 325. The summed E-state index contributed by atoms with van der Waals surface area (Å²) in [6, 6.07) is -0.172. The standard InChI is InChI=1S/C7H13NO5S/c1-5-6(3-8(5)7(9)10)4-13-14(2,11)12/h5-6H,3-4H2,1-2H3,(H,9,10)/t5-,6?/m0/s1. The van der Waals surface area contributed by atoms with E-state index in [0.717, 1.165) is 6.26 Å². The van der Waals surface area contributed by atoms with Crippen LogP contribution in [0.15, 0.2) is 0 Å². The zero-order chi connectivity index (χ0) is 10.9.